The summed E-state index contributed by atoms with van der Waals surface area (Å²) in [5, 5.41) is 8.91. The van der Waals surface area contributed by atoms with Gasteiger partial charge in [0.2, 0.25) is 0 Å². The lowest BCUT2D eigenvalue weighted by Gasteiger charge is -2.12. The van der Waals surface area contributed by atoms with Gasteiger partial charge in [0, 0.05) is 5.56 Å². The zero-order valence-corrected chi connectivity index (χ0v) is 11.2. The highest BCUT2D eigenvalue weighted by atomic mass is 16.5. The molecule has 0 unspecified atom stereocenters. The molecule has 100 valence electrons. The van der Waals surface area contributed by atoms with Gasteiger partial charge >= 0.3 is 5.97 Å². The molecule has 19 heavy (non-hydrogen) atoms. The predicted molar refractivity (Wildman–Crippen MR) is 71.4 cm³/mol. The SMILES string of the molecule is COc1c(C)cc(C)cc1-c1nc[nH]c1CC(=O)O. The Kier molecular flexibility index (Phi) is 3.55. The molecule has 0 spiro atoms. The number of carboxylic acids is 1. The first kappa shape index (κ1) is 13.1. The van der Waals surface area contributed by atoms with Gasteiger partial charge in [-0.1, -0.05) is 6.07 Å². The number of nitrogens with one attached hydrogen (secondary N) is 1. The standard InChI is InChI=1S/C14H16N2O3/c1-8-4-9(2)14(19-3)10(5-8)13-11(6-12(17)18)15-7-16-13/h4-5,7H,6H2,1-3H3,(H,15,16)(H,17,18). The maximum absolute atomic E-state index is 10.9. The Hall–Kier alpha value is -2.30. The van der Waals surface area contributed by atoms with Crippen molar-refractivity contribution in [2.75, 3.05) is 7.11 Å². The minimum Gasteiger partial charge on any atom is -0.496 e. The Balaban J connectivity index is 2.58. The number of hydrogen-bond donors (Lipinski definition) is 2. The fourth-order valence-corrected chi connectivity index (χ4v) is 2.24. The highest BCUT2D eigenvalue weighted by Crippen LogP contribution is 2.34. The molecular weight excluding hydrogens is 244 g/mol. The topological polar surface area (TPSA) is 75.2 Å². The Morgan fingerprint density at radius 1 is 1.42 bits per heavy atom. The van der Waals surface area contributed by atoms with Crippen LogP contribution in [0.5, 0.6) is 5.75 Å². The van der Waals surface area contributed by atoms with Crippen LogP contribution in [0.15, 0.2) is 18.5 Å². The molecule has 0 saturated heterocycles. The Bertz CT molecular complexity index is 617. The van der Waals surface area contributed by atoms with Crippen LogP contribution in [0.4, 0.5) is 0 Å². The second-order valence-electron chi connectivity index (χ2n) is 4.46. The molecule has 1 aromatic carbocycles. The summed E-state index contributed by atoms with van der Waals surface area (Å²) in [6.45, 7) is 3.94. The third-order valence-corrected chi connectivity index (χ3v) is 2.92. The molecule has 0 fully saturated rings. The van der Waals surface area contributed by atoms with E-state index in [1.807, 2.05) is 26.0 Å². The van der Waals surface area contributed by atoms with Gasteiger partial charge in [-0.2, -0.15) is 0 Å². The largest absolute Gasteiger partial charge is 0.496 e. The van der Waals surface area contributed by atoms with E-state index in [0.29, 0.717) is 11.4 Å². The number of ether oxygens (including phenoxy) is 1. The minimum absolute atomic E-state index is 0.0918. The number of aryl methyl sites for hydroxylation is 2. The molecule has 2 rings (SSSR count). The summed E-state index contributed by atoms with van der Waals surface area (Å²) >= 11 is 0. The molecule has 2 N–H and O–H groups in total. The van der Waals surface area contributed by atoms with Gasteiger partial charge in [0.1, 0.15) is 5.75 Å². The first-order chi connectivity index (χ1) is 9.02. The number of methoxy groups -OCH3 is 1. The van der Waals surface area contributed by atoms with Crippen LogP contribution < -0.4 is 4.74 Å². The Morgan fingerprint density at radius 2 is 2.16 bits per heavy atom. The van der Waals surface area contributed by atoms with Crippen LogP contribution in [-0.2, 0) is 11.2 Å². The van der Waals surface area contributed by atoms with Gasteiger partial charge in [-0.05, 0) is 31.0 Å². The lowest BCUT2D eigenvalue weighted by Crippen LogP contribution is -2.03. The third kappa shape index (κ3) is 2.59. The number of carboxylic acid groups (broad SMARTS) is 1. The first-order valence-electron chi connectivity index (χ1n) is 5.92. The van der Waals surface area contributed by atoms with E-state index >= 15 is 0 Å². The normalized spacial score (nSPS) is 10.5. The monoisotopic (exact) mass is 260 g/mol. The van der Waals surface area contributed by atoms with E-state index in [4.69, 9.17) is 9.84 Å². The minimum atomic E-state index is -0.895. The van der Waals surface area contributed by atoms with Crippen LogP contribution in [-0.4, -0.2) is 28.2 Å². The Labute approximate surface area is 111 Å². The van der Waals surface area contributed by atoms with E-state index in [-0.39, 0.29) is 6.42 Å². The van der Waals surface area contributed by atoms with Gasteiger partial charge in [-0.3, -0.25) is 4.79 Å². The summed E-state index contributed by atoms with van der Waals surface area (Å²) in [7, 11) is 1.60. The molecular formula is C14H16N2O3. The van der Waals surface area contributed by atoms with Gasteiger partial charge in [0.25, 0.3) is 0 Å². The lowest BCUT2D eigenvalue weighted by atomic mass is 10.0. The molecule has 0 aliphatic rings. The number of carbonyl (C=O) groups is 1. The number of aromatic nitrogens is 2. The van der Waals surface area contributed by atoms with Crippen LogP contribution in [0, 0.1) is 13.8 Å². The van der Waals surface area contributed by atoms with Crippen molar-refractivity contribution in [1.29, 1.82) is 0 Å². The van der Waals surface area contributed by atoms with Crippen molar-refractivity contribution in [1.82, 2.24) is 9.97 Å². The smallest absolute Gasteiger partial charge is 0.309 e. The van der Waals surface area contributed by atoms with Gasteiger partial charge in [-0.15, -0.1) is 0 Å². The van der Waals surface area contributed by atoms with E-state index < -0.39 is 5.97 Å². The fraction of sp³-hybridized carbons (Fsp3) is 0.286. The number of H-pyrrole nitrogens is 1. The van der Waals surface area contributed by atoms with Gasteiger partial charge in [0.15, 0.2) is 0 Å². The van der Waals surface area contributed by atoms with E-state index in [1.54, 1.807) is 7.11 Å². The molecule has 2 aromatic rings. The van der Waals surface area contributed by atoms with Crippen LogP contribution in [0.3, 0.4) is 0 Å². The first-order valence-corrected chi connectivity index (χ1v) is 5.92. The third-order valence-electron chi connectivity index (χ3n) is 2.92. The van der Waals surface area contributed by atoms with Crippen molar-refractivity contribution in [3.05, 3.63) is 35.3 Å². The molecule has 5 nitrogen and oxygen atoms in total. The summed E-state index contributed by atoms with van der Waals surface area (Å²) in [5.74, 6) is -0.168. The van der Waals surface area contributed by atoms with E-state index in [2.05, 4.69) is 9.97 Å². The molecule has 0 saturated carbocycles. The maximum atomic E-state index is 10.9. The summed E-state index contributed by atoms with van der Waals surface area (Å²) in [5.41, 5.74) is 4.11. The number of hydrogen-bond acceptors (Lipinski definition) is 3. The number of nitrogens with zero attached hydrogens (tertiary/aromatic N) is 1. The molecule has 0 radical (unpaired) electrons. The molecule has 1 aromatic heterocycles. The number of imidazole rings is 1. The van der Waals surface area contributed by atoms with Crippen molar-refractivity contribution >= 4 is 5.97 Å². The van der Waals surface area contributed by atoms with Crippen molar-refractivity contribution in [2.45, 2.75) is 20.3 Å². The average Bonchev–Trinajstić information content (AvgIpc) is 2.75. The summed E-state index contributed by atoms with van der Waals surface area (Å²) in [6, 6.07) is 3.97. The van der Waals surface area contributed by atoms with Crippen LogP contribution in [0.25, 0.3) is 11.3 Å². The zero-order valence-electron chi connectivity index (χ0n) is 11.2. The van der Waals surface area contributed by atoms with Crippen molar-refractivity contribution in [2.24, 2.45) is 0 Å². The molecule has 0 aliphatic carbocycles. The number of rotatable bonds is 4. The summed E-state index contributed by atoms with van der Waals surface area (Å²) in [4.78, 5) is 18.0. The fourth-order valence-electron chi connectivity index (χ4n) is 2.24. The van der Waals surface area contributed by atoms with Crippen LogP contribution in [0.2, 0.25) is 0 Å². The van der Waals surface area contributed by atoms with Crippen LogP contribution >= 0.6 is 0 Å². The van der Waals surface area contributed by atoms with Gasteiger partial charge < -0.3 is 14.8 Å². The van der Waals surface area contributed by atoms with Crippen LogP contribution in [0.1, 0.15) is 16.8 Å². The highest BCUT2D eigenvalue weighted by molar-refractivity contribution is 5.77. The molecule has 5 heteroatoms. The highest BCUT2D eigenvalue weighted by Gasteiger charge is 2.17. The quantitative estimate of drug-likeness (QED) is 0.884. The van der Waals surface area contributed by atoms with Crippen molar-refractivity contribution in [3.8, 4) is 17.0 Å². The summed E-state index contributed by atoms with van der Waals surface area (Å²) < 4.78 is 5.41. The van der Waals surface area contributed by atoms with Gasteiger partial charge in [-0.25, -0.2) is 4.98 Å². The number of aliphatic carboxylic acids is 1. The van der Waals surface area contributed by atoms with Crippen molar-refractivity contribution in [3.63, 3.8) is 0 Å². The van der Waals surface area contributed by atoms with E-state index in [0.717, 1.165) is 22.4 Å². The molecule has 0 amide bonds. The lowest BCUT2D eigenvalue weighted by molar-refractivity contribution is -0.136. The van der Waals surface area contributed by atoms with E-state index in [9.17, 15) is 4.79 Å². The number of benzene rings is 1. The Morgan fingerprint density at radius 3 is 2.79 bits per heavy atom. The molecule has 0 aliphatic heterocycles. The second-order valence-corrected chi connectivity index (χ2v) is 4.46. The van der Waals surface area contributed by atoms with E-state index in [1.165, 1.54) is 6.33 Å². The maximum Gasteiger partial charge on any atom is 0.309 e. The van der Waals surface area contributed by atoms with Gasteiger partial charge in [0.05, 0.1) is 31.2 Å². The summed E-state index contributed by atoms with van der Waals surface area (Å²) in [6.07, 6.45) is 1.41. The molecule has 1 heterocycles. The molecule has 0 bridgehead atoms. The number of aromatic amines is 1. The molecule has 0 atom stereocenters. The predicted octanol–water partition coefficient (Wildman–Crippen LogP) is 2.33. The zero-order chi connectivity index (χ0) is 14.0. The second kappa shape index (κ2) is 5.14. The average molecular weight is 260 g/mol. The van der Waals surface area contributed by atoms with Crippen molar-refractivity contribution < 1.29 is 14.6 Å².